The Balaban J connectivity index is 1.57. The van der Waals surface area contributed by atoms with Gasteiger partial charge in [-0.3, -0.25) is 4.68 Å². The fourth-order valence-corrected chi connectivity index (χ4v) is 1.89. The summed E-state index contributed by atoms with van der Waals surface area (Å²) in [5, 5.41) is 15.3. The van der Waals surface area contributed by atoms with Gasteiger partial charge in [-0.2, -0.15) is 5.10 Å². The number of hydrogen-bond acceptors (Lipinski definition) is 4. The Morgan fingerprint density at radius 3 is 3.11 bits per heavy atom. The number of aromatic nitrogens is 5. The quantitative estimate of drug-likeness (QED) is 0.670. The summed E-state index contributed by atoms with van der Waals surface area (Å²) < 4.78 is 3.69. The van der Waals surface area contributed by atoms with E-state index in [1.165, 1.54) is 5.56 Å². The summed E-state index contributed by atoms with van der Waals surface area (Å²) in [4.78, 5) is 0. The molecule has 0 spiro atoms. The molecule has 0 saturated heterocycles. The maximum absolute atomic E-state index is 4.30. The van der Waals surface area contributed by atoms with Gasteiger partial charge in [-0.1, -0.05) is 11.3 Å². The first-order chi connectivity index (χ1) is 8.93. The molecule has 3 aromatic rings. The number of nitrogens with one attached hydrogen (secondary N) is 1. The van der Waals surface area contributed by atoms with Gasteiger partial charge in [0.1, 0.15) is 0 Å². The Morgan fingerprint density at radius 2 is 2.22 bits per heavy atom. The van der Waals surface area contributed by atoms with Gasteiger partial charge >= 0.3 is 0 Å². The van der Waals surface area contributed by atoms with Crippen molar-refractivity contribution in [2.75, 3.05) is 6.54 Å². The van der Waals surface area contributed by atoms with E-state index < -0.39 is 0 Å². The first kappa shape index (κ1) is 10.9. The molecule has 0 aliphatic rings. The monoisotopic (exact) mass is 242 g/mol. The summed E-state index contributed by atoms with van der Waals surface area (Å²) in [5.41, 5.74) is 2.35. The van der Waals surface area contributed by atoms with E-state index in [4.69, 9.17) is 0 Å². The molecule has 0 saturated carbocycles. The Morgan fingerprint density at radius 1 is 1.22 bits per heavy atom. The van der Waals surface area contributed by atoms with Gasteiger partial charge in [-0.05, 0) is 12.1 Å². The van der Waals surface area contributed by atoms with Crippen molar-refractivity contribution >= 4 is 5.52 Å². The van der Waals surface area contributed by atoms with Gasteiger partial charge in [0.05, 0.1) is 24.5 Å². The molecule has 92 valence electrons. The van der Waals surface area contributed by atoms with Gasteiger partial charge in [0.15, 0.2) is 0 Å². The molecule has 3 heterocycles. The van der Waals surface area contributed by atoms with Crippen LogP contribution in [-0.4, -0.2) is 31.2 Å². The maximum Gasteiger partial charge on any atom is 0.0706 e. The van der Waals surface area contributed by atoms with Crippen LogP contribution in [0.25, 0.3) is 5.52 Å². The second-order valence-corrected chi connectivity index (χ2v) is 4.04. The minimum Gasteiger partial charge on any atom is -0.311 e. The smallest absolute Gasteiger partial charge is 0.0706 e. The first-order valence-corrected chi connectivity index (χ1v) is 5.89. The highest BCUT2D eigenvalue weighted by Gasteiger charge is 2.02. The molecule has 0 aromatic carbocycles. The highest BCUT2D eigenvalue weighted by atomic mass is 15.4. The van der Waals surface area contributed by atoms with E-state index in [1.54, 1.807) is 6.20 Å². The lowest BCUT2D eigenvalue weighted by molar-refractivity contribution is 0.541. The van der Waals surface area contributed by atoms with E-state index in [2.05, 4.69) is 26.8 Å². The van der Waals surface area contributed by atoms with E-state index in [1.807, 2.05) is 39.9 Å². The molecule has 0 bridgehead atoms. The average molecular weight is 242 g/mol. The Labute approximate surface area is 104 Å². The topological polar surface area (TPSA) is 60.0 Å². The number of nitrogens with zero attached hydrogens (tertiary/aromatic N) is 5. The molecule has 0 aliphatic carbocycles. The summed E-state index contributed by atoms with van der Waals surface area (Å²) >= 11 is 0. The first-order valence-electron chi connectivity index (χ1n) is 5.89. The van der Waals surface area contributed by atoms with E-state index in [0.29, 0.717) is 0 Å². The highest BCUT2D eigenvalue weighted by molar-refractivity contribution is 5.53. The van der Waals surface area contributed by atoms with Crippen molar-refractivity contribution < 1.29 is 0 Å². The minimum atomic E-state index is 0.808. The van der Waals surface area contributed by atoms with Crippen LogP contribution in [0, 0.1) is 0 Å². The third-order valence-electron chi connectivity index (χ3n) is 2.81. The number of rotatable bonds is 5. The molecule has 0 amide bonds. The SMILES string of the molecule is c1ccn2ncc(CNCCn3ccnn3)c2c1. The fourth-order valence-electron chi connectivity index (χ4n) is 1.89. The van der Waals surface area contributed by atoms with Crippen LogP contribution in [0.1, 0.15) is 5.56 Å². The normalized spacial score (nSPS) is 11.1. The van der Waals surface area contributed by atoms with Gasteiger partial charge < -0.3 is 5.32 Å². The van der Waals surface area contributed by atoms with E-state index >= 15 is 0 Å². The van der Waals surface area contributed by atoms with Crippen molar-refractivity contribution in [3.63, 3.8) is 0 Å². The summed E-state index contributed by atoms with van der Waals surface area (Å²) in [7, 11) is 0. The van der Waals surface area contributed by atoms with E-state index in [9.17, 15) is 0 Å². The zero-order chi connectivity index (χ0) is 12.2. The molecule has 18 heavy (non-hydrogen) atoms. The van der Waals surface area contributed by atoms with E-state index in [0.717, 1.165) is 25.2 Å². The van der Waals surface area contributed by atoms with Crippen molar-refractivity contribution in [2.45, 2.75) is 13.1 Å². The molecule has 0 unspecified atom stereocenters. The molecular weight excluding hydrogens is 228 g/mol. The van der Waals surface area contributed by atoms with Gasteiger partial charge in [0, 0.05) is 31.0 Å². The third-order valence-corrected chi connectivity index (χ3v) is 2.81. The molecule has 3 aromatic heterocycles. The van der Waals surface area contributed by atoms with Crippen LogP contribution in [0.3, 0.4) is 0 Å². The third kappa shape index (κ3) is 2.23. The van der Waals surface area contributed by atoms with Crippen LogP contribution >= 0.6 is 0 Å². The fraction of sp³-hybridized carbons (Fsp3) is 0.250. The summed E-state index contributed by atoms with van der Waals surface area (Å²) in [6.45, 7) is 2.48. The van der Waals surface area contributed by atoms with Crippen LogP contribution in [-0.2, 0) is 13.1 Å². The molecule has 1 N–H and O–H groups in total. The molecule has 0 fully saturated rings. The molecule has 6 heteroatoms. The van der Waals surface area contributed by atoms with Gasteiger partial charge in [-0.25, -0.2) is 4.52 Å². The van der Waals surface area contributed by atoms with Crippen molar-refractivity contribution in [1.29, 1.82) is 0 Å². The van der Waals surface area contributed by atoms with E-state index in [-0.39, 0.29) is 0 Å². The second kappa shape index (κ2) is 4.97. The molecule has 3 rings (SSSR count). The number of fused-ring (bicyclic) bond motifs is 1. The molecule has 0 radical (unpaired) electrons. The molecule has 0 aliphatic heterocycles. The second-order valence-electron chi connectivity index (χ2n) is 4.04. The van der Waals surface area contributed by atoms with Gasteiger partial charge in [0.2, 0.25) is 0 Å². The lowest BCUT2D eigenvalue weighted by atomic mass is 10.2. The predicted molar refractivity (Wildman–Crippen MR) is 66.9 cm³/mol. The molecule has 0 atom stereocenters. The van der Waals surface area contributed by atoms with Gasteiger partial charge in [0.25, 0.3) is 0 Å². The largest absolute Gasteiger partial charge is 0.311 e. The Bertz CT molecular complexity index is 612. The summed E-state index contributed by atoms with van der Waals surface area (Å²) in [6.07, 6.45) is 7.40. The number of pyridine rings is 1. The summed E-state index contributed by atoms with van der Waals surface area (Å²) in [6, 6.07) is 6.07. The van der Waals surface area contributed by atoms with Crippen LogP contribution in [0.2, 0.25) is 0 Å². The van der Waals surface area contributed by atoms with Crippen molar-refractivity contribution in [2.24, 2.45) is 0 Å². The minimum absolute atomic E-state index is 0.808. The predicted octanol–water partition coefficient (Wildman–Crippen LogP) is 0.716. The maximum atomic E-state index is 4.30. The van der Waals surface area contributed by atoms with Gasteiger partial charge in [-0.15, -0.1) is 5.10 Å². The molecular formula is C12H14N6. The van der Waals surface area contributed by atoms with Crippen LogP contribution < -0.4 is 5.32 Å². The van der Waals surface area contributed by atoms with Crippen molar-refractivity contribution in [1.82, 2.24) is 29.9 Å². The lowest BCUT2D eigenvalue weighted by Crippen LogP contribution is -2.19. The van der Waals surface area contributed by atoms with Crippen molar-refractivity contribution in [3.05, 3.63) is 48.5 Å². The standard InChI is InChI=1S/C12H14N6/c1-2-6-18-12(3-1)11(10-15-18)9-13-4-7-17-8-5-14-16-17/h1-3,5-6,8,10,13H,4,7,9H2. The Kier molecular flexibility index (Phi) is 3.01. The zero-order valence-corrected chi connectivity index (χ0v) is 9.90. The zero-order valence-electron chi connectivity index (χ0n) is 9.90. The van der Waals surface area contributed by atoms with Crippen LogP contribution in [0.4, 0.5) is 0 Å². The van der Waals surface area contributed by atoms with Crippen LogP contribution in [0.15, 0.2) is 43.0 Å². The van der Waals surface area contributed by atoms with Crippen LogP contribution in [0.5, 0.6) is 0 Å². The molecule has 6 nitrogen and oxygen atoms in total. The highest BCUT2D eigenvalue weighted by Crippen LogP contribution is 2.08. The lowest BCUT2D eigenvalue weighted by Gasteiger charge is -2.03. The van der Waals surface area contributed by atoms with Crippen molar-refractivity contribution in [3.8, 4) is 0 Å². The Hall–Kier alpha value is -2.21. The summed E-state index contributed by atoms with van der Waals surface area (Å²) in [5.74, 6) is 0. The number of hydrogen-bond donors (Lipinski definition) is 1. The average Bonchev–Trinajstić information content (AvgIpc) is 3.04.